The number of esters is 1. The second-order valence-electron chi connectivity index (χ2n) is 11.5. The molecule has 1 aromatic heterocycles. The summed E-state index contributed by atoms with van der Waals surface area (Å²) >= 11 is 0. The minimum Gasteiger partial charge on any atom is -0.464 e. The fraction of sp³-hybridized carbons (Fsp3) is 0.158. The van der Waals surface area contributed by atoms with Crippen LogP contribution in [0, 0.1) is 0 Å². The van der Waals surface area contributed by atoms with Gasteiger partial charge in [-0.3, -0.25) is 9.63 Å². The lowest BCUT2D eigenvalue weighted by Gasteiger charge is -2.30. The fourth-order valence-corrected chi connectivity index (χ4v) is 6.33. The van der Waals surface area contributed by atoms with Gasteiger partial charge in [0, 0.05) is 51.6 Å². The van der Waals surface area contributed by atoms with Crippen molar-refractivity contribution in [2.24, 2.45) is 5.16 Å². The molecule has 0 radical (unpaired) electrons. The van der Waals surface area contributed by atoms with Gasteiger partial charge < -0.3 is 14.6 Å². The number of nitrogens with one attached hydrogen (secondary N) is 1. The van der Waals surface area contributed by atoms with E-state index in [1.165, 1.54) is 12.7 Å². The number of piperidine rings is 1. The first-order chi connectivity index (χ1) is 22.5. The third-order valence-corrected chi connectivity index (χ3v) is 8.79. The summed E-state index contributed by atoms with van der Waals surface area (Å²) in [5.74, 6) is -0.438. The van der Waals surface area contributed by atoms with Crippen molar-refractivity contribution >= 4 is 56.1 Å². The second kappa shape index (κ2) is 12.3. The maximum absolute atomic E-state index is 13.7. The van der Waals surface area contributed by atoms with Crippen molar-refractivity contribution in [1.29, 1.82) is 0 Å². The van der Waals surface area contributed by atoms with E-state index in [2.05, 4.69) is 22.3 Å². The Kier molecular flexibility index (Phi) is 7.76. The zero-order valence-electron chi connectivity index (χ0n) is 25.2. The van der Waals surface area contributed by atoms with Crippen LogP contribution in [0.3, 0.4) is 0 Å². The summed E-state index contributed by atoms with van der Waals surface area (Å²) in [7, 11) is 1.25. The number of hydrogen-bond acceptors (Lipinski definition) is 6. The maximum atomic E-state index is 13.7. The van der Waals surface area contributed by atoms with Gasteiger partial charge in [-0.2, -0.15) is 0 Å². The predicted octanol–water partition coefficient (Wildman–Crippen LogP) is 7.60. The van der Waals surface area contributed by atoms with E-state index in [4.69, 9.17) is 9.57 Å². The van der Waals surface area contributed by atoms with Crippen LogP contribution in [0.1, 0.15) is 45.8 Å². The Balaban J connectivity index is 1.16. The lowest BCUT2D eigenvalue weighted by atomic mass is 9.90. The highest BCUT2D eigenvalue weighted by molar-refractivity contribution is 6.43. The molecule has 1 aliphatic rings. The van der Waals surface area contributed by atoms with Crippen LogP contribution in [0.4, 0.5) is 4.79 Å². The Labute approximate surface area is 265 Å². The average Bonchev–Trinajstić information content (AvgIpc) is 3.48. The number of amides is 1. The van der Waals surface area contributed by atoms with Crippen molar-refractivity contribution in [3.8, 4) is 0 Å². The highest BCUT2D eigenvalue weighted by Gasteiger charge is 2.26. The Bertz CT molecular complexity index is 2140. The number of hydrogen-bond donors (Lipinski definition) is 1. The van der Waals surface area contributed by atoms with Crippen molar-refractivity contribution in [2.75, 3.05) is 20.2 Å². The molecule has 0 spiro atoms. The minimum absolute atomic E-state index is 0.0827. The van der Waals surface area contributed by atoms with E-state index < -0.39 is 12.1 Å². The van der Waals surface area contributed by atoms with Crippen molar-refractivity contribution in [3.05, 3.63) is 131 Å². The van der Waals surface area contributed by atoms with Crippen molar-refractivity contribution in [1.82, 2.24) is 9.88 Å². The molecule has 6 aromatic rings. The van der Waals surface area contributed by atoms with Crippen LogP contribution >= 0.6 is 0 Å². The van der Waals surface area contributed by atoms with Crippen molar-refractivity contribution in [3.63, 3.8) is 0 Å². The Morgan fingerprint density at radius 3 is 2.13 bits per heavy atom. The SMILES string of the molecule is COC(=O)/C(=N\OC(=O)N1CCC(c2ccccc2)CC1)c1ccc2[nH]c3ccc(C(=O)c4cccc5ccccc45)cc3c2c1. The molecular formula is C38H31N3O5. The number of nitrogens with zero attached hydrogens (tertiary/aromatic N) is 2. The number of fused-ring (bicyclic) bond motifs is 4. The molecule has 228 valence electrons. The van der Waals surface area contributed by atoms with Gasteiger partial charge in [0.15, 0.2) is 11.5 Å². The van der Waals surface area contributed by atoms with Gasteiger partial charge in [0.25, 0.3) is 0 Å². The van der Waals surface area contributed by atoms with E-state index in [1.54, 1.807) is 17.0 Å². The molecule has 8 heteroatoms. The highest BCUT2D eigenvalue weighted by Crippen LogP contribution is 2.30. The normalized spacial score (nSPS) is 14.1. The molecule has 1 aliphatic heterocycles. The van der Waals surface area contributed by atoms with E-state index in [0.717, 1.165) is 45.4 Å². The monoisotopic (exact) mass is 609 g/mol. The van der Waals surface area contributed by atoms with Gasteiger partial charge in [-0.15, -0.1) is 0 Å². The van der Waals surface area contributed by atoms with E-state index in [9.17, 15) is 14.4 Å². The number of aromatic nitrogens is 1. The molecule has 1 amide bonds. The molecule has 2 heterocycles. The van der Waals surface area contributed by atoms with E-state index in [1.807, 2.05) is 84.9 Å². The molecule has 46 heavy (non-hydrogen) atoms. The molecule has 5 aromatic carbocycles. The lowest BCUT2D eigenvalue weighted by molar-refractivity contribution is -0.132. The molecule has 0 bridgehead atoms. The summed E-state index contributed by atoms with van der Waals surface area (Å²) in [5.41, 5.74) is 4.38. The summed E-state index contributed by atoms with van der Waals surface area (Å²) in [4.78, 5) is 49.7. The van der Waals surface area contributed by atoms with E-state index in [0.29, 0.717) is 35.7 Å². The van der Waals surface area contributed by atoms with Gasteiger partial charge in [0.05, 0.1) is 7.11 Å². The van der Waals surface area contributed by atoms with E-state index >= 15 is 0 Å². The van der Waals surface area contributed by atoms with Crippen LogP contribution in [0.5, 0.6) is 0 Å². The Morgan fingerprint density at radius 2 is 1.39 bits per heavy atom. The average molecular weight is 610 g/mol. The Hall–Kier alpha value is -5.76. The summed E-state index contributed by atoms with van der Waals surface area (Å²) in [6, 6.07) is 34.7. The van der Waals surface area contributed by atoms with Gasteiger partial charge in [-0.05, 0) is 65.4 Å². The number of likely N-dealkylation sites (tertiary alicyclic amines) is 1. The number of ketones is 1. The lowest BCUT2D eigenvalue weighted by Crippen LogP contribution is -2.38. The molecule has 0 atom stereocenters. The molecule has 0 unspecified atom stereocenters. The number of methoxy groups -OCH3 is 1. The Morgan fingerprint density at radius 1 is 0.739 bits per heavy atom. The third kappa shape index (κ3) is 5.49. The van der Waals surface area contributed by atoms with Crippen LogP contribution in [0.2, 0.25) is 0 Å². The molecule has 0 saturated carbocycles. The predicted molar refractivity (Wildman–Crippen MR) is 178 cm³/mol. The molecule has 0 aliphatic carbocycles. The van der Waals surface area contributed by atoms with E-state index in [-0.39, 0.29) is 11.5 Å². The van der Waals surface area contributed by atoms with Gasteiger partial charge in [-0.25, -0.2) is 9.59 Å². The van der Waals surface area contributed by atoms with Gasteiger partial charge in [-0.1, -0.05) is 84.0 Å². The number of ether oxygens (including phenoxy) is 1. The second-order valence-corrected chi connectivity index (χ2v) is 11.5. The van der Waals surface area contributed by atoms with Crippen LogP contribution in [-0.2, 0) is 14.4 Å². The topological polar surface area (TPSA) is 101 Å². The highest BCUT2D eigenvalue weighted by atomic mass is 16.7. The smallest absolute Gasteiger partial charge is 0.435 e. The van der Waals surface area contributed by atoms with Gasteiger partial charge in [0.2, 0.25) is 0 Å². The first kappa shape index (κ1) is 29.0. The molecule has 1 saturated heterocycles. The first-order valence-electron chi connectivity index (χ1n) is 15.3. The minimum atomic E-state index is -0.735. The quantitative estimate of drug-likeness (QED) is 0.0689. The van der Waals surface area contributed by atoms with Crippen LogP contribution in [0.25, 0.3) is 32.6 Å². The first-order valence-corrected chi connectivity index (χ1v) is 15.3. The number of carbonyl (C=O) groups excluding carboxylic acids is 3. The van der Waals surface area contributed by atoms with Crippen molar-refractivity contribution < 1.29 is 24.0 Å². The summed E-state index contributed by atoms with van der Waals surface area (Å²) in [5, 5.41) is 7.48. The van der Waals surface area contributed by atoms with Crippen LogP contribution in [-0.4, -0.2) is 53.6 Å². The van der Waals surface area contributed by atoms with Crippen molar-refractivity contribution in [2.45, 2.75) is 18.8 Å². The number of carbonyl (C=O) groups is 3. The third-order valence-electron chi connectivity index (χ3n) is 8.79. The molecule has 1 N–H and O–H groups in total. The number of H-pyrrole nitrogens is 1. The summed E-state index contributed by atoms with van der Waals surface area (Å²) in [6.45, 7) is 1.06. The molecule has 1 fully saturated rings. The fourth-order valence-electron chi connectivity index (χ4n) is 6.33. The summed E-state index contributed by atoms with van der Waals surface area (Å²) in [6.07, 6.45) is 1.02. The zero-order valence-corrected chi connectivity index (χ0v) is 25.2. The largest absolute Gasteiger partial charge is 0.464 e. The number of benzene rings is 5. The van der Waals surface area contributed by atoms with Crippen LogP contribution < -0.4 is 0 Å². The molecule has 7 rings (SSSR count). The standard InChI is InChI=1S/C38H31N3O5/c1-45-37(43)35(40-46-38(44)41-20-18-25(19-21-41)24-8-3-2-4-9-24)27-14-16-33-31(22-27)32-23-28(15-17-34(32)39-33)36(42)30-13-7-11-26-10-5-6-12-29(26)30/h2-17,22-23,25,39H,18-21H2,1H3/b40-35-. The summed E-state index contributed by atoms with van der Waals surface area (Å²) < 4.78 is 5.00. The molecular weight excluding hydrogens is 578 g/mol. The van der Waals surface area contributed by atoms with Crippen LogP contribution in [0.15, 0.2) is 114 Å². The van der Waals surface area contributed by atoms with Gasteiger partial charge in [0.1, 0.15) is 0 Å². The number of oxime groups is 1. The zero-order chi connectivity index (χ0) is 31.6. The van der Waals surface area contributed by atoms with Gasteiger partial charge >= 0.3 is 12.1 Å². The number of rotatable bonds is 6. The maximum Gasteiger partial charge on any atom is 0.435 e. The molecule has 8 nitrogen and oxygen atoms in total. The number of aromatic amines is 1.